The minimum atomic E-state index is 0.0547. The molecule has 0 N–H and O–H groups in total. The van der Waals surface area contributed by atoms with Gasteiger partial charge in [-0.05, 0) is 27.2 Å². The third-order valence-electron chi connectivity index (χ3n) is 5.36. The molecule has 2 heterocycles. The molecule has 0 aliphatic carbocycles. The van der Waals surface area contributed by atoms with Crippen molar-refractivity contribution in [3.05, 3.63) is 40.9 Å². The van der Waals surface area contributed by atoms with Crippen LogP contribution >= 0.6 is 11.3 Å². The first-order chi connectivity index (χ1) is 14.0. The second kappa shape index (κ2) is 9.98. The van der Waals surface area contributed by atoms with Gasteiger partial charge in [-0.15, -0.1) is 11.3 Å². The van der Waals surface area contributed by atoms with E-state index >= 15 is 0 Å². The lowest BCUT2D eigenvalue weighted by Gasteiger charge is -2.25. The highest BCUT2D eigenvalue weighted by Gasteiger charge is 2.25. The summed E-state index contributed by atoms with van der Waals surface area (Å²) in [7, 11) is 0. The maximum atomic E-state index is 13.2. The Labute approximate surface area is 177 Å². The molecule has 1 saturated heterocycles. The fourth-order valence-corrected chi connectivity index (χ4v) is 4.68. The van der Waals surface area contributed by atoms with Crippen molar-refractivity contribution in [2.75, 3.05) is 45.8 Å². The topological polar surface area (TPSA) is 56.8 Å². The molecule has 1 aromatic carbocycles. The lowest BCUT2D eigenvalue weighted by atomic mass is 10.2. The summed E-state index contributed by atoms with van der Waals surface area (Å²) in [5.74, 6) is 0.222. The Hall–Kier alpha value is -2.25. The second-order valence-corrected chi connectivity index (χ2v) is 8.29. The van der Waals surface area contributed by atoms with E-state index in [1.54, 1.807) is 0 Å². The van der Waals surface area contributed by atoms with Gasteiger partial charge in [0.2, 0.25) is 5.91 Å². The third kappa shape index (κ3) is 5.22. The van der Waals surface area contributed by atoms with Gasteiger partial charge >= 0.3 is 0 Å². The number of carbonyl (C=O) groups is 2. The van der Waals surface area contributed by atoms with Crippen LogP contribution in [0.2, 0.25) is 0 Å². The molecule has 2 aromatic rings. The van der Waals surface area contributed by atoms with Crippen molar-refractivity contribution in [1.82, 2.24) is 19.7 Å². The van der Waals surface area contributed by atoms with E-state index in [0.717, 1.165) is 53.7 Å². The number of nitrogens with zero attached hydrogens (tertiary/aromatic N) is 4. The monoisotopic (exact) mass is 414 g/mol. The zero-order chi connectivity index (χ0) is 20.8. The average Bonchev–Trinajstić information content (AvgIpc) is 2.97. The third-order valence-corrected chi connectivity index (χ3v) is 6.56. The van der Waals surface area contributed by atoms with Gasteiger partial charge in [0.15, 0.2) is 0 Å². The van der Waals surface area contributed by atoms with Crippen LogP contribution in [-0.4, -0.2) is 77.3 Å². The first-order valence-corrected chi connectivity index (χ1v) is 11.2. The molecule has 0 atom stereocenters. The molecule has 0 spiro atoms. The van der Waals surface area contributed by atoms with Crippen LogP contribution in [0.1, 0.15) is 35.6 Å². The minimum absolute atomic E-state index is 0.0547. The van der Waals surface area contributed by atoms with E-state index < -0.39 is 0 Å². The van der Waals surface area contributed by atoms with E-state index in [9.17, 15) is 9.59 Å². The van der Waals surface area contributed by atoms with Crippen LogP contribution in [0.3, 0.4) is 0 Å². The summed E-state index contributed by atoms with van der Waals surface area (Å²) < 4.78 is 0. The summed E-state index contributed by atoms with van der Waals surface area (Å²) in [6.07, 6.45) is 0.876. The standard InChI is InChI=1S/C22H30N4O2S/c1-4-25(5-2)19(27)16-24-12-9-13-26(15-14-24)22(28)20-17(3)23-21(29-20)18-10-7-6-8-11-18/h6-8,10-11H,4-5,9,12-16H2,1-3H3. The molecule has 1 aromatic heterocycles. The van der Waals surface area contributed by atoms with Crippen LogP contribution in [0.25, 0.3) is 10.6 Å². The molecule has 1 fully saturated rings. The van der Waals surface area contributed by atoms with Gasteiger partial charge in [0, 0.05) is 44.8 Å². The average molecular weight is 415 g/mol. The minimum Gasteiger partial charge on any atom is -0.342 e. The zero-order valence-corrected chi connectivity index (χ0v) is 18.4. The highest BCUT2D eigenvalue weighted by molar-refractivity contribution is 7.17. The molecule has 3 rings (SSSR count). The first-order valence-electron chi connectivity index (χ1n) is 10.4. The van der Waals surface area contributed by atoms with Crippen molar-refractivity contribution in [2.24, 2.45) is 0 Å². The van der Waals surface area contributed by atoms with E-state index in [4.69, 9.17) is 0 Å². The van der Waals surface area contributed by atoms with Crippen molar-refractivity contribution < 1.29 is 9.59 Å². The molecule has 156 valence electrons. The van der Waals surface area contributed by atoms with Crippen LogP contribution in [0, 0.1) is 6.92 Å². The quantitative estimate of drug-likeness (QED) is 0.729. The molecule has 7 heteroatoms. The number of thiazole rings is 1. The molecule has 0 unspecified atom stereocenters. The number of hydrogen-bond donors (Lipinski definition) is 0. The smallest absolute Gasteiger partial charge is 0.265 e. The summed E-state index contributed by atoms with van der Waals surface area (Å²) >= 11 is 1.47. The molecule has 1 aliphatic rings. The molecule has 0 radical (unpaired) electrons. The molecule has 1 aliphatic heterocycles. The summed E-state index contributed by atoms with van der Waals surface area (Å²) in [4.78, 5) is 36.8. The Bertz CT molecular complexity index is 833. The molecule has 2 amide bonds. The van der Waals surface area contributed by atoms with Gasteiger partial charge in [0.05, 0.1) is 12.2 Å². The van der Waals surface area contributed by atoms with E-state index in [0.29, 0.717) is 19.6 Å². The number of rotatable bonds is 6. The van der Waals surface area contributed by atoms with Crippen LogP contribution in [0.4, 0.5) is 0 Å². The van der Waals surface area contributed by atoms with Crippen LogP contribution < -0.4 is 0 Å². The maximum absolute atomic E-state index is 13.2. The summed E-state index contributed by atoms with van der Waals surface area (Å²) in [6.45, 7) is 10.7. The van der Waals surface area contributed by atoms with Crippen LogP contribution in [0.15, 0.2) is 30.3 Å². The fraction of sp³-hybridized carbons (Fsp3) is 0.500. The van der Waals surface area contributed by atoms with Gasteiger partial charge < -0.3 is 9.80 Å². The summed E-state index contributed by atoms with van der Waals surface area (Å²) in [5, 5.41) is 0.882. The van der Waals surface area contributed by atoms with Gasteiger partial charge in [0.25, 0.3) is 5.91 Å². The lowest BCUT2D eigenvalue weighted by molar-refractivity contribution is -0.132. The predicted molar refractivity (Wildman–Crippen MR) is 117 cm³/mol. The molecular formula is C22H30N4O2S. The van der Waals surface area contributed by atoms with Crippen LogP contribution in [0.5, 0.6) is 0 Å². The second-order valence-electron chi connectivity index (χ2n) is 7.29. The van der Waals surface area contributed by atoms with E-state index in [1.807, 2.05) is 60.9 Å². The van der Waals surface area contributed by atoms with Crippen molar-refractivity contribution in [1.29, 1.82) is 0 Å². The lowest BCUT2D eigenvalue weighted by Crippen LogP contribution is -2.42. The van der Waals surface area contributed by atoms with Crippen molar-refractivity contribution in [3.8, 4) is 10.6 Å². The van der Waals surface area contributed by atoms with Crippen molar-refractivity contribution in [3.63, 3.8) is 0 Å². The van der Waals surface area contributed by atoms with Crippen LogP contribution in [-0.2, 0) is 4.79 Å². The Kier molecular flexibility index (Phi) is 7.39. The van der Waals surface area contributed by atoms with Gasteiger partial charge in [-0.1, -0.05) is 30.3 Å². The van der Waals surface area contributed by atoms with Gasteiger partial charge in [0.1, 0.15) is 9.88 Å². The van der Waals surface area contributed by atoms with E-state index in [2.05, 4.69) is 9.88 Å². The number of benzene rings is 1. The number of aryl methyl sites for hydroxylation is 1. The number of aromatic nitrogens is 1. The highest BCUT2D eigenvalue weighted by Crippen LogP contribution is 2.28. The number of hydrogen-bond acceptors (Lipinski definition) is 5. The maximum Gasteiger partial charge on any atom is 0.265 e. The molecule has 0 bridgehead atoms. The molecule has 6 nitrogen and oxygen atoms in total. The first kappa shape index (κ1) is 21.5. The number of amides is 2. The molecule has 29 heavy (non-hydrogen) atoms. The summed E-state index contributed by atoms with van der Waals surface area (Å²) in [5.41, 5.74) is 1.83. The van der Waals surface area contributed by atoms with E-state index in [1.165, 1.54) is 11.3 Å². The fourth-order valence-electron chi connectivity index (χ4n) is 3.64. The SMILES string of the molecule is CCN(CC)C(=O)CN1CCCN(C(=O)c2sc(-c3ccccc3)nc2C)CC1. The largest absolute Gasteiger partial charge is 0.342 e. The Balaban J connectivity index is 1.64. The van der Waals surface area contributed by atoms with Crippen molar-refractivity contribution in [2.45, 2.75) is 27.2 Å². The number of carbonyl (C=O) groups excluding carboxylic acids is 2. The number of likely N-dealkylation sites (N-methyl/N-ethyl adjacent to an activating group) is 1. The molecular weight excluding hydrogens is 384 g/mol. The van der Waals surface area contributed by atoms with Gasteiger partial charge in [-0.3, -0.25) is 14.5 Å². The Morgan fingerprint density at radius 1 is 1.07 bits per heavy atom. The highest BCUT2D eigenvalue weighted by atomic mass is 32.1. The zero-order valence-electron chi connectivity index (χ0n) is 17.6. The van der Waals surface area contributed by atoms with Crippen molar-refractivity contribution >= 4 is 23.2 Å². The normalized spacial score (nSPS) is 15.2. The summed E-state index contributed by atoms with van der Waals surface area (Å²) in [6, 6.07) is 9.98. The predicted octanol–water partition coefficient (Wildman–Crippen LogP) is 3.13. The van der Waals surface area contributed by atoms with Gasteiger partial charge in [-0.25, -0.2) is 4.98 Å². The Morgan fingerprint density at radius 2 is 1.79 bits per heavy atom. The van der Waals surface area contributed by atoms with Gasteiger partial charge in [-0.2, -0.15) is 0 Å². The Morgan fingerprint density at radius 3 is 2.48 bits per heavy atom. The van der Waals surface area contributed by atoms with E-state index in [-0.39, 0.29) is 11.8 Å². The molecule has 0 saturated carbocycles.